The van der Waals surface area contributed by atoms with Crippen LogP contribution in [0.1, 0.15) is 18.4 Å². The fraction of sp³-hybridized carbons (Fsp3) is 0.250. The molecular formula is C12H13NO. The van der Waals surface area contributed by atoms with Gasteiger partial charge in [-0.25, -0.2) is 0 Å². The van der Waals surface area contributed by atoms with Gasteiger partial charge in [0.05, 0.1) is 0 Å². The molecule has 0 bridgehead atoms. The Bertz CT molecular complexity index is 348. The van der Waals surface area contributed by atoms with Crippen LogP contribution in [0.3, 0.4) is 0 Å². The normalized spacial score (nSPS) is 19.7. The van der Waals surface area contributed by atoms with E-state index in [9.17, 15) is 4.79 Å². The van der Waals surface area contributed by atoms with Crippen LogP contribution in [0.15, 0.2) is 36.9 Å². The van der Waals surface area contributed by atoms with Crippen molar-refractivity contribution in [3.05, 3.63) is 42.5 Å². The Morgan fingerprint density at radius 1 is 1.43 bits per heavy atom. The van der Waals surface area contributed by atoms with E-state index in [4.69, 9.17) is 0 Å². The molecule has 2 rings (SSSR count). The molecule has 0 aliphatic carbocycles. The summed E-state index contributed by atoms with van der Waals surface area (Å²) in [6, 6.07) is 10.4. The number of hydrogen-bond donors (Lipinski definition) is 1. The maximum absolute atomic E-state index is 10.7. The summed E-state index contributed by atoms with van der Waals surface area (Å²) in [6.45, 7) is 4.02. The first-order chi connectivity index (χ1) is 6.75. The smallest absolute Gasteiger partial charge is 0.222 e. The number of β-lactam (4-membered cyclic amide) rings is 1. The topological polar surface area (TPSA) is 29.1 Å². The average molecular weight is 187 g/mol. The molecular weight excluding hydrogens is 174 g/mol. The van der Waals surface area contributed by atoms with Gasteiger partial charge in [-0.05, 0) is 17.6 Å². The van der Waals surface area contributed by atoms with Crippen molar-refractivity contribution in [1.82, 2.24) is 5.32 Å². The zero-order chi connectivity index (χ0) is 9.97. The fourth-order valence-electron chi connectivity index (χ4n) is 1.64. The molecule has 0 spiro atoms. The van der Waals surface area contributed by atoms with Gasteiger partial charge < -0.3 is 5.32 Å². The van der Waals surface area contributed by atoms with Crippen LogP contribution in [0.25, 0.3) is 5.57 Å². The lowest BCUT2D eigenvalue weighted by molar-refractivity contribution is -0.127. The second kappa shape index (κ2) is 3.66. The molecule has 0 saturated carbocycles. The van der Waals surface area contributed by atoms with Gasteiger partial charge in [-0.2, -0.15) is 0 Å². The fourth-order valence-corrected chi connectivity index (χ4v) is 1.64. The third-order valence-corrected chi connectivity index (χ3v) is 2.47. The summed E-state index contributed by atoms with van der Waals surface area (Å²) >= 11 is 0. The molecule has 1 fully saturated rings. The van der Waals surface area contributed by atoms with Crippen molar-refractivity contribution in [3.8, 4) is 0 Å². The number of benzene rings is 1. The SMILES string of the molecule is C=C(CC1CC(=O)N1)c1ccccc1. The molecule has 72 valence electrons. The molecule has 1 N–H and O–H groups in total. The van der Waals surface area contributed by atoms with Gasteiger partial charge in [0.15, 0.2) is 0 Å². The van der Waals surface area contributed by atoms with E-state index in [-0.39, 0.29) is 5.91 Å². The molecule has 1 aliphatic heterocycles. The minimum absolute atomic E-state index is 0.149. The largest absolute Gasteiger partial charge is 0.352 e. The minimum atomic E-state index is 0.149. The van der Waals surface area contributed by atoms with Gasteiger partial charge in [0.1, 0.15) is 0 Å². The second-order valence-corrected chi connectivity index (χ2v) is 3.64. The summed E-state index contributed by atoms with van der Waals surface area (Å²) in [5.41, 5.74) is 2.25. The van der Waals surface area contributed by atoms with Crippen molar-refractivity contribution < 1.29 is 4.79 Å². The van der Waals surface area contributed by atoms with Crippen LogP contribution in [-0.4, -0.2) is 11.9 Å². The summed E-state index contributed by atoms with van der Waals surface area (Å²) in [4.78, 5) is 10.7. The molecule has 1 unspecified atom stereocenters. The molecule has 1 saturated heterocycles. The summed E-state index contributed by atoms with van der Waals surface area (Å²) in [7, 11) is 0. The molecule has 1 aromatic rings. The van der Waals surface area contributed by atoms with E-state index in [1.807, 2.05) is 30.3 Å². The van der Waals surface area contributed by atoms with Crippen LogP contribution in [0.4, 0.5) is 0 Å². The third kappa shape index (κ3) is 1.84. The lowest BCUT2D eigenvalue weighted by atomic mass is 9.94. The van der Waals surface area contributed by atoms with E-state index in [2.05, 4.69) is 11.9 Å². The highest BCUT2D eigenvalue weighted by atomic mass is 16.2. The Balaban J connectivity index is 1.93. The average Bonchev–Trinajstić information content (AvgIpc) is 2.17. The van der Waals surface area contributed by atoms with Crippen molar-refractivity contribution in [2.45, 2.75) is 18.9 Å². The molecule has 14 heavy (non-hydrogen) atoms. The van der Waals surface area contributed by atoms with E-state index in [0.29, 0.717) is 12.5 Å². The van der Waals surface area contributed by atoms with Crippen molar-refractivity contribution in [3.63, 3.8) is 0 Å². The highest BCUT2D eigenvalue weighted by molar-refractivity contribution is 5.83. The van der Waals surface area contributed by atoms with Crippen molar-refractivity contribution >= 4 is 11.5 Å². The maximum atomic E-state index is 10.7. The molecule has 2 nitrogen and oxygen atoms in total. The van der Waals surface area contributed by atoms with Crippen molar-refractivity contribution in [2.75, 3.05) is 0 Å². The third-order valence-electron chi connectivity index (χ3n) is 2.47. The van der Waals surface area contributed by atoms with Crippen LogP contribution in [-0.2, 0) is 4.79 Å². The highest BCUT2D eigenvalue weighted by Crippen LogP contribution is 2.21. The monoisotopic (exact) mass is 187 g/mol. The molecule has 0 aromatic heterocycles. The zero-order valence-corrected chi connectivity index (χ0v) is 7.99. The van der Waals surface area contributed by atoms with E-state index >= 15 is 0 Å². The molecule has 0 radical (unpaired) electrons. The Morgan fingerprint density at radius 2 is 2.07 bits per heavy atom. The van der Waals surface area contributed by atoms with Crippen LogP contribution < -0.4 is 5.32 Å². The number of carbonyl (C=O) groups excluding carboxylic acids is 1. The summed E-state index contributed by atoms with van der Waals surface area (Å²) in [6.07, 6.45) is 1.50. The van der Waals surface area contributed by atoms with E-state index in [1.54, 1.807) is 0 Å². The van der Waals surface area contributed by atoms with Crippen LogP contribution >= 0.6 is 0 Å². The predicted octanol–water partition coefficient (Wildman–Crippen LogP) is 1.98. The maximum Gasteiger partial charge on any atom is 0.222 e. The van der Waals surface area contributed by atoms with Crippen LogP contribution in [0.2, 0.25) is 0 Å². The summed E-state index contributed by atoms with van der Waals surface area (Å²) in [5, 5.41) is 2.84. The highest BCUT2D eigenvalue weighted by Gasteiger charge is 2.25. The first kappa shape index (κ1) is 9.00. The lowest BCUT2D eigenvalue weighted by Crippen LogP contribution is -2.48. The Hall–Kier alpha value is -1.57. The second-order valence-electron chi connectivity index (χ2n) is 3.64. The van der Waals surface area contributed by atoms with Gasteiger partial charge in [-0.15, -0.1) is 0 Å². The van der Waals surface area contributed by atoms with Crippen LogP contribution in [0, 0.1) is 0 Å². The number of nitrogens with one attached hydrogen (secondary N) is 1. The Morgan fingerprint density at radius 3 is 2.64 bits per heavy atom. The quantitative estimate of drug-likeness (QED) is 0.720. The van der Waals surface area contributed by atoms with E-state index < -0.39 is 0 Å². The van der Waals surface area contributed by atoms with Crippen LogP contribution in [0.5, 0.6) is 0 Å². The standard InChI is InChI=1S/C12H13NO/c1-9(7-11-8-12(14)13-11)10-5-3-2-4-6-10/h2-6,11H,1,7-8H2,(H,13,14). The lowest BCUT2D eigenvalue weighted by Gasteiger charge is -2.27. The van der Waals surface area contributed by atoms with Crippen molar-refractivity contribution in [1.29, 1.82) is 0 Å². The van der Waals surface area contributed by atoms with E-state index in [1.165, 1.54) is 0 Å². The van der Waals surface area contributed by atoms with Gasteiger partial charge in [-0.1, -0.05) is 36.9 Å². The summed E-state index contributed by atoms with van der Waals surface area (Å²) in [5.74, 6) is 0.149. The van der Waals surface area contributed by atoms with Gasteiger partial charge in [0.2, 0.25) is 5.91 Å². The molecule has 1 atom stereocenters. The zero-order valence-electron chi connectivity index (χ0n) is 7.99. The molecule has 2 heteroatoms. The molecule has 1 heterocycles. The Labute approximate surface area is 83.6 Å². The first-order valence-corrected chi connectivity index (χ1v) is 4.78. The van der Waals surface area contributed by atoms with Gasteiger partial charge in [0.25, 0.3) is 0 Å². The molecule has 1 aromatic carbocycles. The van der Waals surface area contributed by atoms with Gasteiger partial charge in [-0.3, -0.25) is 4.79 Å². The minimum Gasteiger partial charge on any atom is -0.352 e. The first-order valence-electron chi connectivity index (χ1n) is 4.78. The van der Waals surface area contributed by atoms with Gasteiger partial charge >= 0.3 is 0 Å². The summed E-state index contributed by atoms with van der Waals surface area (Å²) < 4.78 is 0. The van der Waals surface area contributed by atoms with E-state index in [0.717, 1.165) is 17.6 Å². The number of carbonyl (C=O) groups is 1. The Kier molecular flexibility index (Phi) is 2.35. The van der Waals surface area contributed by atoms with Crippen molar-refractivity contribution in [2.24, 2.45) is 0 Å². The number of amides is 1. The van der Waals surface area contributed by atoms with Gasteiger partial charge in [0, 0.05) is 12.5 Å². The number of rotatable bonds is 3. The molecule has 1 amide bonds. The molecule has 1 aliphatic rings. The number of hydrogen-bond acceptors (Lipinski definition) is 1. The predicted molar refractivity (Wildman–Crippen MR) is 56.6 cm³/mol.